The molecule has 0 aromatic heterocycles. The Bertz CT molecular complexity index is 768. The predicted molar refractivity (Wildman–Crippen MR) is 101 cm³/mol. The summed E-state index contributed by atoms with van der Waals surface area (Å²) >= 11 is 4.92. The maximum atomic E-state index is 11.7. The molecule has 0 saturated carbocycles. The molecule has 7 nitrogen and oxygen atoms in total. The molecule has 0 aliphatic heterocycles. The number of aryl methyl sites for hydroxylation is 1. The number of hydrogen-bond donors (Lipinski definition) is 3. The van der Waals surface area contributed by atoms with Crippen LogP contribution in [0.15, 0.2) is 54.6 Å². The van der Waals surface area contributed by atoms with Crippen LogP contribution in [0.5, 0.6) is 11.5 Å². The number of hydrazine groups is 1. The first kappa shape index (κ1) is 19.2. The Labute approximate surface area is 156 Å². The predicted octanol–water partition coefficient (Wildman–Crippen LogP) is 1.47. The topological polar surface area (TPSA) is 88.7 Å². The van der Waals surface area contributed by atoms with Gasteiger partial charge in [-0.2, -0.15) is 0 Å². The van der Waals surface area contributed by atoms with Gasteiger partial charge < -0.3 is 9.47 Å². The molecule has 136 valence electrons. The first-order valence-corrected chi connectivity index (χ1v) is 8.20. The molecular weight excluding hydrogens is 354 g/mol. The molecule has 2 aromatic rings. The van der Waals surface area contributed by atoms with Gasteiger partial charge in [-0.25, -0.2) is 0 Å². The molecule has 0 bridgehead atoms. The fraction of sp³-hybridized carbons (Fsp3) is 0.167. The van der Waals surface area contributed by atoms with Crippen LogP contribution in [-0.2, 0) is 9.59 Å². The Kier molecular flexibility index (Phi) is 7.38. The summed E-state index contributed by atoms with van der Waals surface area (Å²) in [6.07, 6.45) is 0. The zero-order valence-electron chi connectivity index (χ0n) is 14.2. The smallest absolute Gasteiger partial charge is 0.276 e. The molecule has 3 N–H and O–H groups in total. The van der Waals surface area contributed by atoms with Crippen LogP contribution >= 0.6 is 12.2 Å². The van der Waals surface area contributed by atoms with E-state index in [-0.39, 0.29) is 18.3 Å². The van der Waals surface area contributed by atoms with E-state index < -0.39 is 11.8 Å². The van der Waals surface area contributed by atoms with E-state index in [1.165, 1.54) is 0 Å². The zero-order chi connectivity index (χ0) is 18.8. The monoisotopic (exact) mass is 373 g/mol. The second-order valence-electron chi connectivity index (χ2n) is 5.26. The minimum absolute atomic E-state index is 0.0458. The molecule has 2 amide bonds. The van der Waals surface area contributed by atoms with Gasteiger partial charge in [-0.15, -0.1) is 0 Å². The number of benzene rings is 2. The Morgan fingerprint density at radius 1 is 0.885 bits per heavy atom. The first-order valence-electron chi connectivity index (χ1n) is 7.79. The van der Waals surface area contributed by atoms with Crippen molar-refractivity contribution in [3.8, 4) is 11.5 Å². The van der Waals surface area contributed by atoms with E-state index >= 15 is 0 Å². The van der Waals surface area contributed by atoms with Gasteiger partial charge in [0.15, 0.2) is 18.3 Å². The van der Waals surface area contributed by atoms with Crippen LogP contribution in [0, 0.1) is 6.92 Å². The van der Waals surface area contributed by atoms with Crippen molar-refractivity contribution in [3.05, 3.63) is 60.2 Å². The summed E-state index contributed by atoms with van der Waals surface area (Å²) in [6, 6.07) is 16.2. The van der Waals surface area contributed by atoms with Gasteiger partial charge in [0.2, 0.25) is 0 Å². The first-order chi connectivity index (χ1) is 12.5. The molecule has 2 rings (SSSR count). The molecule has 0 heterocycles. The molecule has 0 spiro atoms. The number of amides is 2. The molecule has 0 fully saturated rings. The number of thiocarbonyl (C=S) groups is 1. The van der Waals surface area contributed by atoms with Crippen LogP contribution in [0.2, 0.25) is 0 Å². The Morgan fingerprint density at radius 2 is 1.54 bits per heavy atom. The van der Waals surface area contributed by atoms with Crippen LogP contribution in [0.25, 0.3) is 0 Å². The van der Waals surface area contributed by atoms with Crippen molar-refractivity contribution in [1.82, 2.24) is 16.2 Å². The number of carbonyl (C=O) groups is 2. The van der Waals surface area contributed by atoms with Crippen molar-refractivity contribution < 1.29 is 19.1 Å². The lowest BCUT2D eigenvalue weighted by Crippen LogP contribution is -2.50. The fourth-order valence-corrected chi connectivity index (χ4v) is 2.04. The second-order valence-corrected chi connectivity index (χ2v) is 5.67. The highest BCUT2D eigenvalue weighted by atomic mass is 32.1. The van der Waals surface area contributed by atoms with Crippen LogP contribution < -0.4 is 25.6 Å². The van der Waals surface area contributed by atoms with Crippen molar-refractivity contribution in [2.75, 3.05) is 13.2 Å². The van der Waals surface area contributed by atoms with Gasteiger partial charge in [-0.1, -0.05) is 30.3 Å². The molecule has 26 heavy (non-hydrogen) atoms. The van der Waals surface area contributed by atoms with E-state index in [1.807, 2.05) is 31.2 Å². The third-order valence-electron chi connectivity index (χ3n) is 3.04. The van der Waals surface area contributed by atoms with Crippen LogP contribution in [-0.4, -0.2) is 30.1 Å². The molecule has 0 saturated heterocycles. The highest BCUT2D eigenvalue weighted by Crippen LogP contribution is 2.11. The highest BCUT2D eigenvalue weighted by molar-refractivity contribution is 7.80. The Hall–Kier alpha value is -3.13. The van der Waals surface area contributed by atoms with E-state index in [0.29, 0.717) is 11.5 Å². The third kappa shape index (κ3) is 7.18. The van der Waals surface area contributed by atoms with Crippen molar-refractivity contribution in [3.63, 3.8) is 0 Å². The van der Waals surface area contributed by atoms with Gasteiger partial charge in [0.05, 0.1) is 0 Å². The average Bonchev–Trinajstić information content (AvgIpc) is 2.64. The lowest BCUT2D eigenvalue weighted by atomic mass is 10.2. The maximum absolute atomic E-state index is 11.7. The fourth-order valence-electron chi connectivity index (χ4n) is 1.88. The molecule has 0 atom stereocenters. The standard InChI is InChI=1S/C18H19N3O4S/c1-13-6-5-9-15(10-13)25-12-17(23)20-21-18(26)19-16(22)11-24-14-7-3-2-4-8-14/h2-10H,11-12H2,1H3,(H,20,23)(H2,19,21,22,26). The van der Waals surface area contributed by atoms with Crippen molar-refractivity contribution in [2.45, 2.75) is 6.92 Å². The van der Waals surface area contributed by atoms with Crippen molar-refractivity contribution in [1.29, 1.82) is 0 Å². The molecular formula is C18H19N3O4S. The summed E-state index contributed by atoms with van der Waals surface area (Å²) in [5.74, 6) is 0.275. The molecule has 0 aliphatic rings. The summed E-state index contributed by atoms with van der Waals surface area (Å²) in [6.45, 7) is 1.54. The van der Waals surface area contributed by atoms with Gasteiger partial charge in [-0.05, 0) is 49.0 Å². The van der Waals surface area contributed by atoms with Crippen LogP contribution in [0.3, 0.4) is 0 Å². The lowest BCUT2D eigenvalue weighted by molar-refractivity contribution is -0.124. The van der Waals surface area contributed by atoms with E-state index in [9.17, 15) is 9.59 Å². The molecule has 8 heteroatoms. The van der Waals surface area contributed by atoms with Gasteiger partial charge in [-0.3, -0.25) is 25.8 Å². The molecule has 0 radical (unpaired) electrons. The summed E-state index contributed by atoms with van der Waals surface area (Å²) in [7, 11) is 0. The summed E-state index contributed by atoms with van der Waals surface area (Å²) in [5, 5.41) is 2.34. The van der Waals surface area contributed by atoms with Crippen molar-refractivity contribution in [2.24, 2.45) is 0 Å². The van der Waals surface area contributed by atoms with Crippen LogP contribution in [0.1, 0.15) is 5.56 Å². The highest BCUT2D eigenvalue weighted by Gasteiger charge is 2.07. The lowest BCUT2D eigenvalue weighted by Gasteiger charge is -2.12. The van der Waals surface area contributed by atoms with Crippen LogP contribution in [0.4, 0.5) is 0 Å². The van der Waals surface area contributed by atoms with Gasteiger partial charge in [0, 0.05) is 0 Å². The van der Waals surface area contributed by atoms with E-state index in [2.05, 4.69) is 16.2 Å². The third-order valence-corrected chi connectivity index (χ3v) is 3.25. The Morgan fingerprint density at radius 3 is 2.27 bits per heavy atom. The van der Waals surface area contributed by atoms with E-state index in [4.69, 9.17) is 21.7 Å². The number of para-hydroxylation sites is 1. The second kappa shape index (κ2) is 10.00. The van der Waals surface area contributed by atoms with Gasteiger partial charge in [0.25, 0.3) is 11.8 Å². The minimum atomic E-state index is -0.448. The van der Waals surface area contributed by atoms with Crippen molar-refractivity contribution >= 4 is 29.1 Å². The largest absolute Gasteiger partial charge is 0.484 e. The Balaban J connectivity index is 1.62. The number of ether oxygens (including phenoxy) is 2. The minimum Gasteiger partial charge on any atom is -0.484 e. The zero-order valence-corrected chi connectivity index (χ0v) is 15.0. The molecule has 0 unspecified atom stereocenters. The summed E-state index contributed by atoms with van der Waals surface area (Å²) in [4.78, 5) is 23.4. The van der Waals surface area contributed by atoms with E-state index in [0.717, 1.165) is 5.56 Å². The maximum Gasteiger partial charge on any atom is 0.276 e. The van der Waals surface area contributed by atoms with E-state index in [1.54, 1.807) is 30.3 Å². The molecule has 0 aliphatic carbocycles. The summed E-state index contributed by atoms with van der Waals surface area (Å²) < 4.78 is 10.6. The number of rotatable bonds is 6. The quantitative estimate of drug-likeness (QED) is 0.525. The van der Waals surface area contributed by atoms with Gasteiger partial charge >= 0.3 is 0 Å². The number of carbonyl (C=O) groups excluding carboxylic acids is 2. The average molecular weight is 373 g/mol. The SMILES string of the molecule is Cc1cccc(OCC(=O)NNC(=S)NC(=O)COc2ccccc2)c1. The number of nitrogens with one attached hydrogen (secondary N) is 3. The molecule has 2 aromatic carbocycles. The normalized spacial score (nSPS) is 9.73. The van der Waals surface area contributed by atoms with Gasteiger partial charge in [0.1, 0.15) is 11.5 Å². The summed E-state index contributed by atoms with van der Waals surface area (Å²) in [5.41, 5.74) is 5.79. The number of hydrogen-bond acceptors (Lipinski definition) is 5.